The zero-order chi connectivity index (χ0) is 17.2. The SMILES string of the molecule is N#Cc1ccc(O)c(C=CCCNC(=O)OCc2ccccc2)c1. The van der Waals surface area contributed by atoms with Crippen molar-refractivity contribution in [1.82, 2.24) is 5.32 Å². The predicted molar refractivity (Wildman–Crippen MR) is 91.1 cm³/mol. The monoisotopic (exact) mass is 322 g/mol. The van der Waals surface area contributed by atoms with Gasteiger partial charge >= 0.3 is 6.09 Å². The number of phenolic OH excluding ortho intramolecular Hbond substituents is 1. The number of nitrogens with one attached hydrogen (secondary N) is 1. The van der Waals surface area contributed by atoms with Crippen LogP contribution >= 0.6 is 0 Å². The van der Waals surface area contributed by atoms with E-state index in [4.69, 9.17) is 10.00 Å². The molecule has 24 heavy (non-hydrogen) atoms. The Morgan fingerprint density at radius 3 is 2.79 bits per heavy atom. The van der Waals surface area contributed by atoms with Gasteiger partial charge < -0.3 is 15.2 Å². The number of aromatic hydroxyl groups is 1. The Balaban J connectivity index is 1.71. The Kier molecular flexibility index (Phi) is 6.42. The number of rotatable bonds is 6. The molecule has 0 bridgehead atoms. The van der Waals surface area contributed by atoms with Crippen LogP contribution in [0.3, 0.4) is 0 Å². The van der Waals surface area contributed by atoms with Gasteiger partial charge in [-0.2, -0.15) is 5.26 Å². The second-order valence-corrected chi connectivity index (χ2v) is 5.06. The van der Waals surface area contributed by atoms with Gasteiger partial charge in [-0.05, 0) is 30.2 Å². The molecule has 2 aromatic carbocycles. The molecule has 5 heteroatoms. The fourth-order valence-electron chi connectivity index (χ4n) is 2.00. The molecule has 0 aliphatic rings. The fourth-order valence-corrected chi connectivity index (χ4v) is 2.00. The van der Waals surface area contributed by atoms with Crippen molar-refractivity contribution >= 4 is 12.2 Å². The highest BCUT2D eigenvalue weighted by Crippen LogP contribution is 2.19. The maximum Gasteiger partial charge on any atom is 0.407 e. The highest BCUT2D eigenvalue weighted by atomic mass is 16.5. The summed E-state index contributed by atoms with van der Waals surface area (Å²) in [5.41, 5.74) is 1.98. The topological polar surface area (TPSA) is 82.4 Å². The quantitative estimate of drug-likeness (QED) is 0.796. The lowest BCUT2D eigenvalue weighted by atomic mass is 10.1. The van der Waals surface area contributed by atoms with E-state index in [1.807, 2.05) is 42.5 Å². The van der Waals surface area contributed by atoms with Crippen LogP contribution in [0, 0.1) is 11.3 Å². The van der Waals surface area contributed by atoms with Gasteiger partial charge in [-0.1, -0.05) is 42.5 Å². The number of nitrogens with zero attached hydrogens (tertiary/aromatic N) is 1. The number of hydrogen-bond acceptors (Lipinski definition) is 4. The first kappa shape index (κ1) is 17.1. The van der Waals surface area contributed by atoms with Gasteiger partial charge in [0.05, 0.1) is 11.6 Å². The molecule has 0 aromatic heterocycles. The van der Waals surface area contributed by atoms with Crippen molar-refractivity contribution in [1.29, 1.82) is 5.26 Å². The summed E-state index contributed by atoms with van der Waals surface area (Å²) in [6.45, 7) is 0.653. The Bertz CT molecular complexity index is 749. The number of hydrogen-bond donors (Lipinski definition) is 2. The van der Waals surface area contributed by atoms with Gasteiger partial charge in [0.15, 0.2) is 0 Å². The van der Waals surface area contributed by atoms with Crippen molar-refractivity contribution in [2.75, 3.05) is 6.54 Å². The largest absolute Gasteiger partial charge is 0.507 e. The number of phenols is 1. The maximum atomic E-state index is 11.6. The molecule has 0 atom stereocenters. The molecule has 0 spiro atoms. The third-order valence-electron chi connectivity index (χ3n) is 3.25. The molecule has 2 rings (SSSR count). The van der Waals surface area contributed by atoms with Crippen LogP contribution in [0.1, 0.15) is 23.1 Å². The second kappa shape index (κ2) is 9.01. The molecule has 0 fully saturated rings. The van der Waals surface area contributed by atoms with Gasteiger partial charge in [0.1, 0.15) is 12.4 Å². The molecule has 0 aliphatic carbocycles. The normalized spacial score (nSPS) is 10.3. The minimum absolute atomic E-state index is 0.112. The molecule has 5 nitrogen and oxygen atoms in total. The molecule has 0 heterocycles. The van der Waals surface area contributed by atoms with Gasteiger partial charge in [-0.15, -0.1) is 0 Å². The minimum atomic E-state index is -0.471. The molecule has 0 radical (unpaired) electrons. The van der Waals surface area contributed by atoms with E-state index in [9.17, 15) is 9.90 Å². The predicted octanol–water partition coefficient (Wildman–Crippen LogP) is 3.59. The molecule has 2 N–H and O–H groups in total. The van der Waals surface area contributed by atoms with E-state index in [2.05, 4.69) is 5.32 Å². The lowest BCUT2D eigenvalue weighted by Crippen LogP contribution is -2.24. The van der Waals surface area contributed by atoms with Crippen molar-refractivity contribution in [2.24, 2.45) is 0 Å². The van der Waals surface area contributed by atoms with Crippen LogP contribution in [0.5, 0.6) is 5.75 Å². The third-order valence-corrected chi connectivity index (χ3v) is 3.25. The average Bonchev–Trinajstić information content (AvgIpc) is 2.62. The van der Waals surface area contributed by atoms with Crippen LogP contribution in [0.2, 0.25) is 0 Å². The van der Waals surface area contributed by atoms with Gasteiger partial charge in [0.2, 0.25) is 0 Å². The lowest BCUT2D eigenvalue weighted by molar-refractivity contribution is 0.140. The summed E-state index contributed by atoms with van der Waals surface area (Å²) < 4.78 is 5.09. The Morgan fingerprint density at radius 1 is 1.25 bits per heavy atom. The number of ether oxygens (including phenoxy) is 1. The first-order chi connectivity index (χ1) is 11.7. The Hall–Kier alpha value is -3.26. The number of benzene rings is 2. The van der Waals surface area contributed by atoms with E-state index < -0.39 is 6.09 Å². The smallest absolute Gasteiger partial charge is 0.407 e. The van der Waals surface area contributed by atoms with Crippen LogP contribution in [0.4, 0.5) is 4.79 Å². The van der Waals surface area contributed by atoms with Crippen molar-refractivity contribution in [2.45, 2.75) is 13.0 Å². The molecule has 0 unspecified atom stereocenters. The number of amides is 1. The summed E-state index contributed by atoms with van der Waals surface area (Å²) >= 11 is 0. The Morgan fingerprint density at radius 2 is 2.04 bits per heavy atom. The van der Waals surface area contributed by atoms with Crippen LogP contribution in [0.15, 0.2) is 54.6 Å². The summed E-state index contributed by atoms with van der Waals surface area (Å²) in [5, 5.41) is 21.2. The van der Waals surface area contributed by atoms with Crippen molar-refractivity contribution in [3.8, 4) is 11.8 Å². The number of carbonyl (C=O) groups excluding carboxylic acids is 1. The van der Waals surface area contributed by atoms with Gasteiger partial charge in [0, 0.05) is 12.1 Å². The molecule has 0 aliphatic heterocycles. The third kappa shape index (κ3) is 5.50. The molecular formula is C19H18N2O3. The fraction of sp³-hybridized carbons (Fsp3) is 0.158. The van der Waals surface area contributed by atoms with E-state index in [1.54, 1.807) is 18.2 Å². The van der Waals surface area contributed by atoms with Gasteiger partial charge in [-0.25, -0.2) is 4.79 Å². The molecule has 0 saturated carbocycles. The van der Waals surface area contributed by atoms with Crippen LogP contribution in [-0.2, 0) is 11.3 Å². The molecule has 0 saturated heterocycles. The Labute approximate surface area is 140 Å². The molecule has 1 amide bonds. The summed E-state index contributed by atoms with van der Waals surface area (Å²) in [5.74, 6) is 0.112. The molecular weight excluding hydrogens is 304 g/mol. The van der Waals surface area contributed by atoms with Crippen LogP contribution in [0.25, 0.3) is 6.08 Å². The summed E-state index contributed by atoms with van der Waals surface area (Å²) in [6.07, 6.45) is 3.64. The summed E-state index contributed by atoms with van der Waals surface area (Å²) in [7, 11) is 0. The maximum absolute atomic E-state index is 11.6. The van der Waals surface area contributed by atoms with Crippen molar-refractivity contribution < 1.29 is 14.6 Å². The van der Waals surface area contributed by atoms with E-state index in [1.165, 1.54) is 6.07 Å². The lowest BCUT2D eigenvalue weighted by Gasteiger charge is -2.06. The van der Waals surface area contributed by atoms with Gasteiger partial charge in [-0.3, -0.25) is 0 Å². The van der Waals surface area contributed by atoms with E-state index in [-0.39, 0.29) is 12.4 Å². The van der Waals surface area contributed by atoms with E-state index in [0.717, 1.165) is 5.56 Å². The summed E-state index contributed by atoms with van der Waals surface area (Å²) in [6, 6.07) is 16.1. The standard InChI is InChI=1S/C19H18N2O3/c20-13-16-9-10-18(22)17(12-16)8-4-5-11-21-19(23)24-14-15-6-2-1-3-7-15/h1-4,6-10,12,22H,5,11,14H2,(H,21,23). The minimum Gasteiger partial charge on any atom is -0.507 e. The first-order valence-electron chi connectivity index (χ1n) is 7.53. The zero-order valence-electron chi connectivity index (χ0n) is 13.1. The van der Waals surface area contributed by atoms with E-state index in [0.29, 0.717) is 24.1 Å². The molecule has 122 valence electrons. The second-order valence-electron chi connectivity index (χ2n) is 5.06. The highest BCUT2D eigenvalue weighted by molar-refractivity contribution is 5.67. The average molecular weight is 322 g/mol. The number of nitriles is 1. The van der Waals surface area contributed by atoms with Crippen LogP contribution in [-0.4, -0.2) is 17.7 Å². The summed E-state index contributed by atoms with van der Waals surface area (Å²) in [4.78, 5) is 11.6. The first-order valence-corrected chi connectivity index (χ1v) is 7.53. The highest BCUT2D eigenvalue weighted by Gasteiger charge is 2.01. The van der Waals surface area contributed by atoms with Gasteiger partial charge in [0.25, 0.3) is 0 Å². The molecule has 2 aromatic rings. The van der Waals surface area contributed by atoms with Crippen LogP contribution < -0.4 is 5.32 Å². The number of alkyl carbamates (subject to hydrolysis) is 1. The van der Waals surface area contributed by atoms with Crippen molar-refractivity contribution in [3.63, 3.8) is 0 Å². The zero-order valence-corrected chi connectivity index (χ0v) is 13.1. The van der Waals surface area contributed by atoms with E-state index >= 15 is 0 Å². The van der Waals surface area contributed by atoms with Crippen molar-refractivity contribution in [3.05, 3.63) is 71.3 Å². The number of carbonyl (C=O) groups is 1.